The predicted molar refractivity (Wildman–Crippen MR) is 132 cm³/mol. The molecule has 0 fully saturated rings. The highest BCUT2D eigenvalue weighted by Crippen LogP contribution is 2.59. The van der Waals surface area contributed by atoms with Crippen molar-refractivity contribution >= 4 is 10.1 Å². The van der Waals surface area contributed by atoms with Gasteiger partial charge in [-0.15, -0.1) is 0 Å². The molecule has 32 heavy (non-hydrogen) atoms. The van der Waals surface area contributed by atoms with Crippen molar-refractivity contribution in [3.8, 4) is 11.5 Å². The van der Waals surface area contributed by atoms with Crippen molar-refractivity contribution < 1.29 is 22.8 Å². The number of benzene rings is 1. The molecule has 2 N–H and O–H groups in total. The average Bonchev–Trinajstić information content (AvgIpc) is 2.53. The number of phenols is 1. The highest BCUT2D eigenvalue weighted by atomic mass is 32.2. The Balaban J connectivity index is 4.22. The van der Waals surface area contributed by atoms with Crippen molar-refractivity contribution in [1.29, 1.82) is 0 Å². The standard InChI is InChI=1S/C26H46O5S/c1-13-18-19(20(27)17(4)21(31-12)22(18)32(28,29)30)23(25(8,9)14-16(2)3)26(10,11)15-24(5,6)7/h16,23,27H,13-15H2,1-12H3,(H,28,29,30). The van der Waals surface area contributed by atoms with Gasteiger partial charge in [0.1, 0.15) is 16.4 Å². The van der Waals surface area contributed by atoms with Crippen LogP contribution in [0.25, 0.3) is 0 Å². The van der Waals surface area contributed by atoms with Crippen LogP contribution in [0, 0.1) is 29.1 Å². The van der Waals surface area contributed by atoms with Gasteiger partial charge in [-0.3, -0.25) is 4.55 Å². The third kappa shape index (κ3) is 6.19. The van der Waals surface area contributed by atoms with Crippen LogP contribution in [0.2, 0.25) is 0 Å². The zero-order valence-electron chi connectivity index (χ0n) is 22.3. The van der Waals surface area contributed by atoms with Crippen molar-refractivity contribution in [2.75, 3.05) is 7.11 Å². The first kappa shape index (κ1) is 28.8. The van der Waals surface area contributed by atoms with Gasteiger partial charge in [-0.2, -0.15) is 8.42 Å². The van der Waals surface area contributed by atoms with Crippen molar-refractivity contribution in [2.45, 2.75) is 106 Å². The smallest absolute Gasteiger partial charge is 0.298 e. The van der Waals surface area contributed by atoms with E-state index in [2.05, 4.69) is 62.3 Å². The Bertz CT molecular complexity index is 919. The second-order valence-corrected chi connectivity index (χ2v) is 13.7. The van der Waals surface area contributed by atoms with Crippen molar-refractivity contribution in [3.05, 3.63) is 16.7 Å². The number of phenolic OH excluding ortho intramolecular Hbond substituents is 1. The molecular weight excluding hydrogens is 424 g/mol. The van der Waals surface area contributed by atoms with Crippen molar-refractivity contribution in [2.24, 2.45) is 22.2 Å². The molecular formula is C26H46O5S. The van der Waals surface area contributed by atoms with Crippen LogP contribution >= 0.6 is 0 Å². The minimum atomic E-state index is -4.57. The first-order valence-corrected chi connectivity index (χ1v) is 13.0. The molecule has 1 atom stereocenters. The normalized spacial score (nSPS) is 14.7. The monoisotopic (exact) mass is 470 g/mol. The van der Waals surface area contributed by atoms with Gasteiger partial charge in [0.05, 0.1) is 7.11 Å². The molecule has 6 heteroatoms. The van der Waals surface area contributed by atoms with Gasteiger partial charge in [0.15, 0.2) is 0 Å². The van der Waals surface area contributed by atoms with Crippen LogP contribution in [-0.2, 0) is 16.5 Å². The van der Waals surface area contributed by atoms with Gasteiger partial charge in [-0.25, -0.2) is 0 Å². The lowest BCUT2D eigenvalue weighted by Crippen LogP contribution is -2.38. The van der Waals surface area contributed by atoms with E-state index in [1.807, 2.05) is 6.92 Å². The minimum Gasteiger partial charge on any atom is -0.507 e. The number of aromatic hydroxyl groups is 1. The van der Waals surface area contributed by atoms with Crippen LogP contribution in [0.4, 0.5) is 0 Å². The molecule has 1 aromatic rings. The fourth-order valence-corrected chi connectivity index (χ4v) is 7.58. The molecule has 0 bridgehead atoms. The second kappa shape index (κ2) is 9.54. The summed E-state index contributed by atoms with van der Waals surface area (Å²) >= 11 is 0. The molecule has 0 aromatic heterocycles. The summed E-state index contributed by atoms with van der Waals surface area (Å²) in [6, 6.07) is 0. The highest BCUT2D eigenvalue weighted by molar-refractivity contribution is 7.86. The number of hydrogen-bond donors (Lipinski definition) is 2. The maximum atomic E-state index is 12.5. The molecule has 0 heterocycles. The Morgan fingerprint density at radius 3 is 1.84 bits per heavy atom. The van der Waals surface area contributed by atoms with E-state index in [4.69, 9.17) is 4.74 Å². The summed E-state index contributed by atoms with van der Waals surface area (Å²) in [4.78, 5) is -0.218. The van der Waals surface area contributed by atoms with Crippen LogP contribution in [0.3, 0.4) is 0 Å². The maximum Gasteiger partial charge on any atom is 0.298 e. The quantitative estimate of drug-likeness (QED) is 0.375. The number of hydrogen-bond acceptors (Lipinski definition) is 4. The minimum absolute atomic E-state index is 0.0136. The summed E-state index contributed by atoms with van der Waals surface area (Å²) in [5, 5.41) is 11.5. The molecule has 5 nitrogen and oxygen atoms in total. The summed E-state index contributed by atoms with van der Waals surface area (Å²) in [5.74, 6) is 0.344. The van der Waals surface area contributed by atoms with E-state index in [1.54, 1.807) is 6.92 Å². The molecule has 1 rings (SSSR count). The van der Waals surface area contributed by atoms with E-state index in [1.165, 1.54) is 7.11 Å². The average molecular weight is 471 g/mol. The van der Waals surface area contributed by atoms with Gasteiger partial charge in [0, 0.05) is 11.1 Å². The Morgan fingerprint density at radius 1 is 1.00 bits per heavy atom. The van der Waals surface area contributed by atoms with Crippen molar-refractivity contribution in [3.63, 3.8) is 0 Å². The largest absolute Gasteiger partial charge is 0.507 e. The lowest BCUT2D eigenvalue weighted by Gasteiger charge is -2.49. The third-order valence-electron chi connectivity index (χ3n) is 6.34. The lowest BCUT2D eigenvalue weighted by atomic mass is 9.55. The zero-order valence-corrected chi connectivity index (χ0v) is 23.1. The van der Waals surface area contributed by atoms with Gasteiger partial charge >= 0.3 is 0 Å². The second-order valence-electron chi connectivity index (χ2n) is 12.3. The van der Waals surface area contributed by atoms with E-state index in [-0.39, 0.29) is 38.6 Å². The molecule has 0 radical (unpaired) electrons. The summed E-state index contributed by atoms with van der Waals surface area (Å²) < 4.78 is 40.6. The topological polar surface area (TPSA) is 83.8 Å². The molecule has 1 aromatic carbocycles. The summed E-state index contributed by atoms with van der Waals surface area (Å²) in [6.07, 6.45) is 2.12. The fraction of sp³-hybridized carbons (Fsp3) is 0.769. The lowest BCUT2D eigenvalue weighted by molar-refractivity contribution is 0.0764. The Morgan fingerprint density at radius 2 is 1.50 bits per heavy atom. The van der Waals surface area contributed by atoms with Gasteiger partial charge < -0.3 is 9.84 Å². The number of rotatable bonds is 9. The zero-order chi connectivity index (χ0) is 25.4. The van der Waals surface area contributed by atoms with E-state index in [9.17, 15) is 18.1 Å². The van der Waals surface area contributed by atoms with Gasteiger partial charge in [-0.05, 0) is 59.8 Å². The van der Waals surface area contributed by atoms with Gasteiger partial charge in [0.2, 0.25) is 0 Å². The van der Waals surface area contributed by atoms with E-state index in [0.717, 1.165) is 12.8 Å². The van der Waals surface area contributed by atoms with Crippen LogP contribution in [-0.4, -0.2) is 25.2 Å². The van der Waals surface area contributed by atoms with Crippen LogP contribution < -0.4 is 4.74 Å². The highest BCUT2D eigenvalue weighted by Gasteiger charge is 2.47. The molecule has 1 unspecified atom stereocenters. The molecule has 0 spiro atoms. The summed E-state index contributed by atoms with van der Waals surface area (Å²) in [7, 11) is -3.21. The predicted octanol–water partition coefficient (Wildman–Crippen LogP) is 7.14. The molecule has 0 amide bonds. The SMILES string of the molecule is CCc1c(C(C(C)(C)CC(C)C)C(C)(C)CC(C)(C)C)c(O)c(C)c(OC)c1S(=O)(=O)O. The Labute approximate surface area is 196 Å². The maximum absolute atomic E-state index is 12.5. The van der Waals surface area contributed by atoms with E-state index >= 15 is 0 Å². The fourth-order valence-electron chi connectivity index (χ4n) is 6.54. The van der Waals surface area contributed by atoms with Crippen molar-refractivity contribution in [1.82, 2.24) is 0 Å². The first-order valence-electron chi connectivity index (χ1n) is 11.6. The van der Waals surface area contributed by atoms with Crippen LogP contribution in [0.15, 0.2) is 4.90 Å². The third-order valence-corrected chi connectivity index (χ3v) is 7.29. The van der Waals surface area contributed by atoms with Gasteiger partial charge in [-0.1, -0.05) is 69.2 Å². The first-order chi connectivity index (χ1) is 14.2. The number of methoxy groups -OCH3 is 1. The Hall–Kier alpha value is -1.27. The van der Waals surface area contributed by atoms with Gasteiger partial charge in [0.25, 0.3) is 10.1 Å². The van der Waals surface area contributed by atoms with E-state index < -0.39 is 10.1 Å². The summed E-state index contributed by atoms with van der Waals surface area (Å²) in [5.41, 5.74) is 0.918. The van der Waals surface area contributed by atoms with Crippen LogP contribution in [0.5, 0.6) is 11.5 Å². The molecule has 0 aliphatic rings. The molecule has 186 valence electrons. The molecule has 0 saturated heterocycles. The Kier molecular flexibility index (Phi) is 8.57. The van der Waals surface area contributed by atoms with E-state index in [0.29, 0.717) is 29.0 Å². The number of ether oxygens (including phenoxy) is 1. The molecule has 0 saturated carbocycles. The molecule has 0 aliphatic heterocycles. The van der Waals surface area contributed by atoms with Crippen LogP contribution in [0.1, 0.15) is 105 Å². The summed E-state index contributed by atoms with van der Waals surface area (Å²) in [6.45, 7) is 23.3. The molecule has 0 aliphatic carbocycles.